The molecule has 1 aliphatic rings. The Kier molecular flexibility index (Phi) is 4.57. The highest BCUT2D eigenvalue weighted by atomic mass is 19.1. The standard InChI is InChI=1S/C15H21FN2O2/c1-10(2)11-3-5-12(6-4-11)17-13-7-8-15(18(19)20)14(16)9-13/h7-12,17H,3-6H2,1-2H3. The van der Waals surface area contributed by atoms with Gasteiger partial charge in [-0.1, -0.05) is 13.8 Å². The van der Waals surface area contributed by atoms with Crippen LogP contribution in [0.4, 0.5) is 15.8 Å². The highest BCUT2D eigenvalue weighted by molar-refractivity contribution is 5.50. The molecule has 0 unspecified atom stereocenters. The van der Waals surface area contributed by atoms with Crippen LogP contribution < -0.4 is 5.32 Å². The molecule has 1 aromatic carbocycles. The van der Waals surface area contributed by atoms with Crippen molar-refractivity contribution in [2.45, 2.75) is 45.6 Å². The van der Waals surface area contributed by atoms with Gasteiger partial charge in [-0.15, -0.1) is 0 Å². The number of halogens is 1. The molecular formula is C15H21FN2O2. The molecule has 1 aliphatic carbocycles. The molecule has 0 radical (unpaired) electrons. The van der Waals surface area contributed by atoms with Crippen molar-refractivity contribution in [1.29, 1.82) is 0 Å². The molecule has 1 saturated carbocycles. The van der Waals surface area contributed by atoms with Crippen LogP contribution in [0.3, 0.4) is 0 Å². The smallest absolute Gasteiger partial charge is 0.304 e. The lowest BCUT2D eigenvalue weighted by Gasteiger charge is -2.31. The number of nitrogens with zero attached hydrogens (tertiary/aromatic N) is 1. The van der Waals surface area contributed by atoms with E-state index in [1.165, 1.54) is 25.0 Å². The molecule has 0 aromatic heterocycles. The summed E-state index contributed by atoms with van der Waals surface area (Å²) in [4.78, 5) is 9.87. The Morgan fingerprint density at radius 3 is 2.45 bits per heavy atom. The second kappa shape index (κ2) is 6.20. The molecular weight excluding hydrogens is 259 g/mol. The van der Waals surface area contributed by atoms with E-state index in [9.17, 15) is 14.5 Å². The van der Waals surface area contributed by atoms with Crippen LogP contribution in [0.15, 0.2) is 18.2 Å². The number of nitro benzene ring substituents is 1. The molecule has 4 nitrogen and oxygen atoms in total. The van der Waals surface area contributed by atoms with Gasteiger partial charge in [-0.3, -0.25) is 10.1 Å². The highest BCUT2D eigenvalue weighted by Crippen LogP contribution is 2.31. The van der Waals surface area contributed by atoms with E-state index in [-0.39, 0.29) is 0 Å². The lowest BCUT2D eigenvalue weighted by Crippen LogP contribution is -2.27. The second-order valence-electron chi connectivity index (χ2n) is 5.92. The fourth-order valence-electron chi connectivity index (χ4n) is 2.91. The number of hydrogen-bond donors (Lipinski definition) is 1. The molecule has 2 rings (SSSR count). The van der Waals surface area contributed by atoms with E-state index in [0.717, 1.165) is 18.8 Å². The van der Waals surface area contributed by atoms with Gasteiger partial charge in [0, 0.05) is 23.9 Å². The van der Waals surface area contributed by atoms with E-state index in [2.05, 4.69) is 19.2 Å². The summed E-state index contributed by atoms with van der Waals surface area (Å²) in [5.74, 6) is 0.713. The maximum Gasteiger partial charge on any atom is 0.304 e. The number of nitro groups is 1. The summed E-state index contributed by atoms with van der Waals surface area (Å²) in [5.41, 5.74) is 0.153. The number of hydrogen-bond acceptors (Lipinski definition) is 3. The first-order valence-corrected chi connectivity index (χ1v) is 7.18. The first-order chi connectivity index (χ1) is 9.47. The van der Waals surface area contributed by atoms with E-state index < -0.39 is 16.4 Å². The molecule has 0 amide bonds. The zero-order chi connectivity index (χ0) is 14.7. The summed E-state index contributed by atoms with van der Waals surface area (Å²) in [6.07, 6.45) is 4.51. The van der Waals surface area contributed by atoms with Crippen LogP contribution >= 0.6 is 0 Å². The quantitative estimate of drug-likeness (QED) is 0.658. The Morgan fingerprint density at radius 1 is 1.30 bits per heavy atom. The SMILES string of the molecule is CC(C)C1CCC(Nc2ccc([N+](=O)[O-])c(F)c2)CC1. The van der Waals surface area contributed by atoms with Gasteiger partial charge < -0.3 is 5.32 Å². The average molecular weight is 280 g/mol. The number of rotatable bonds is 4. The van der Waals surface area contributed by atoms with Crippen molar-refractivity contribution in [3.8, 4) is 0 Å². The molecule has 0 saturated heterocycles. The van der Waals surface area contributed by atoms with Crippen LogP contribution in [-0.4, -0.2) is 11.0 Å². The minimum absolute atomic E-state index is 0.339. The summed E-state index contributed by atoms with van der Waals surface area (Å²) in [6.45, 7) is 4.51. The van der Waals surface area contributed by atoms with Crippen molar-refractivity contribution >= 4 is 11.4 Å². The summed E-state index contributed by atoms with van der Waals surface area (Å²) in [5, 5.41) is 13.9. The molecule has 110 valence electrons. The van der Waals surface area contributed by atoms with Gasteiger partial charge in [-0.25, -0.2) is 0 Å². The van der Waals surface area contributed by atoms with Crippen molar-refractivity contribution in [2.75, 3.05) is 5.32 Å². The predicted molar refractivity (Wildman–Crippen MR) is 77.3 cm³/mol. The van der Waals surface area contributed by atoms with Crippen molar-refractivity contribution in [1.82, 2.24) is 0 Å². The van der Waals surface area contributed by atoms with Gasteiger partial charge in [-0.05, 0) is 43.6 Å². The van der Waals surface area contributed by atoms with Gasteiger partial charge in [0.2, 0.25) is 5.82 Å². The van der Waals surface area contributed by atoms with Crippen LogP contribution in [0.5, 0.6) is 0 Å². The van der Waals surface area contributed by atoms with Crippen molar-refractivity contribution < 1.29 is 9.31 Å². The van der Waals surface area contributed by atoms with Gasteiger partial charge in [0.05, 0.1) is 4.92 Å². The molecule has 1 N–H and O–H groups in total. The summed E-state index contributed by atoms with van der Waals surface area (Å²) in [6, 6.07) is 4.35. The minimum Gasteiger partial charge on any atom is -0.382 e. The van der Waals surface area contributed by atoms with Crippen LogP contribution in [0.1, 0.15) is 39.5 Å². The Bertz CT molecular complexity index is 483. The van der Waals surface area contributed by atoms with Crippen LogP contribution in [0.25, 0.3) is 0 Å². The summed E-state index contributed by atoms with van der Waals surface area (Å²) in [7, 11) is 0. The summed E-state index contributed by atoms with van der Waals surface area (Å²) < 4.78 is 13.5. The van der Waals surface area contributed by atoms with Gasteiger partial charge in [-0.2, -0.15) is 4.39 Å². The first-order valence-electron chi connectivity index (χ1n) is 7.18. The minimum atomic E-state index is -0.782. The number of benzene rings is 1. The lowest BCUT2D eigenvalue weighted by atomic mass is 9.79. The van der Waals surface area contributed by atoms with Gasteiger partial charge in [0.15, 0.2) is 0 Å². The largest absolute Gasteiger partial charge is 0.382 e. The molecule has 20 heavy (non-hydrogen) atoms. The van der Waals surface area contributed by atoms with Crippen molar-refractivity contribution in [3.05, 3.63) is 34.1 Å². The zero-order valence-corrected chi connectivity index (χ0v) is 11.9. The molecule has 0 atom stereocenters. The monoisotopic (exact) mass is 280 g/mol. The lowest BCUT2D eigenvalue weighted by molar-refractivity contribution is -0.387. The molecule has 1 aromatic rings. The van der Waals surface area contributed by atoms with Crippen molar-refractivity contribution in [2.24, 2.45) is 11.8 Å². The zero-order valence-electron chi connectivity index (χ0n) is 11.9. The second-order valence-corrected chi connectivity index (χ2v) is 5.92. The van der Waals surface area contributed by atoms with Crippen LogP contribution in [0, 0.1) is 27.8 Å². The maximum absolute atomic E-state index is 13.5. The normalized spacial score (nSPS) is 22.8. The third-order valence-corrected chi connectivity index (χ3v) is 4.23. The van der Waals surface area contributed by atoms with Gasteiger partial charge in [0.1, 0.15) is 0 Å². The van der Waals surface area contributed by atoms with E-state index in [4.69, 9.17) is 0 Å². The Morgan fingerprint density at radius 2 is 1.95 bits per heavy atom. The third kappa shape index (κ3) is 3.46. The topological polar surface area (TPSA) is 55.2 Å². The fraction of sp³-hybridized carbons (Fsp3) is 0.600. The maximum atomic E-state index is 13.5. The number of anilines is 1. The molecule has 0 spiro atoms. The Hall–Kier alpha value is -1.65. The molecule has 0 aliphatic heterocycles. The molecule has 0 heterocycles. The highest BCUT2D eigenvalue weighted by Gasteiger charge is 2.23. The van der Waals surface area contributed by atoms with E-state index in [0.29, 0.717) is 17.6 Å². The summed E-state index contributed by atoms with van der Waals surface area (Å²) >= 11 is 0. The molecule has 5 heteroatoms. The molecule has 0 bridgehead atoms. The molecule has 1 fully saturated rings. The predicted octanol–water partition coefficient (Wildman–Crippen LogP) is 4.36. The van der Waals surface area contributed by atoms with E-state index in [1.54, 1.807) is 6.07 Å². The Balaban J connectivity index is 1.95. The number of nitrogens with one attached hydrogen (secondary N) is 1. The first kappa shape index (κ1) is 14.8. The van der Waals surface area contributed by atoms with E-state index >= 15 is 0 Å². The fourth-order valence-corrected chi connectivity index (χ4v) is 2.91. The van der Waals surface area contributed by atoms with Gasteiger partial charge >= 0.3 is 5.69 Å². The third-order valence-electron chi connectivity index (χ3n) is 4.23. The van der Waals surface area contributed by atoms with E-state index in [1.807, 2.05) is 0 Å². The van der Waals surface area contributed by atoms with Crippen molar-refractivity contribution in [3.63, 3.8) is 0 Å². The van der Waals surface area contributed by atoms with Gasteiger partial charge in [0.25, 0.3) is 0 Å². The Labute approximate surface area is 118 Å². The van der Waals surface area contributed by atoms with Crippen LogP contribution in [-0.2, 0) is 0 Å². The van der Waals surface area contributed by atoms with Crippen LogP contribution in [0.2, 0.25) is 0 Å². The average Bonchev–Trinajstić information content (AvgIpc) is 2.39.